The zero-order chi connectivity index (χ0) is 22.3. The van der Waals surface area contributed by atoms with Crippen molar-refractivity contribution in [3.05, 3.63) is 57.8 Å². The summed E-state index contributed by atoms with van der Waals surface area (Å²) in [6, 6.07) is 8.01. The number of aromatic hydroxyl groups is 2. The summed E-state index contributed by atoms with van der Waals surface area (Å²) in [5, 5.41) is 31.3. The SMILES string of the molecule is COC1C=CC2C3Cc4ccc(O)c(O)c4C2(CCN3CC2CC2)C1.OCc1cccs1. The molecule has 4 unspecified atom stereocenters. The second-order valence-corrected chi connectivity index (χ2v) is 10.7. The van der Waals surface area contributed by atoms with E-state index in [2.05, 4.69) is 17.1 Å². The summed E-state index contributed by atoms with van der Waals surface area (Å²) in [7, 11) is 1.76. The van der Waals surface area contributed by atoms with Gasteiger partial charge in [-0.3, -0.25) is 4.90 Å². The molecular weight excluding hydrogens is 422 g/mol. The van der Waals surface area contributed by atoms with E-state index in [0.717, 1.165) is 42.2 Å². The first-order chi connectivity index (χ1) is 15.6. The minimum absolute atomic E-state index is 0.00857. The predicted molar refractivity (Wildman–Crippen MR) is 126 cm³/mol. The number of phenols is 2. The van der Waals surface area contributed by atoms with Crippen molar-refractivity contribution in [2.24, 2.45) is 11.8 Å². The summed E-state index contributed by atoms with van der Waals surface area (Å²) in [6.07, 6.45) is 10.3. The molecule has 6 rings (SSSR count). The molecule has 2 fully saturated rings. The zero-order valence-corrected chi connectivity index (χ0v) is 19.4. The zero-order valence-electron chi connectivity index (χ0n) is 18.6. The van der Waals surface area contributed by atoms with Crippen molar-refractivity contribution in [1.29, 1.82) is 0 Å². The maximum Gasteiger partial charge on any atom is 0.161 e. The van der Waals surface area contributed by atoms with Crippen LogP contribution < -0.4 is 0 Å². The van der Waals surface area contributed by atoms with Gasteiger partial charge in [0.15, 0.2) is 11.5 Å². The minimum atomic E-state index is -0.115. The summed E-state index contributed by atoms with van der Waals surface area (Å²) in [5.74, 6) is 1.39. The second-order valence-electron chi connectivity index (χ2n) is 9.71. The van der Waals surface area contributed by atoms with Gasteiger partial charge in [-0.25, -0.2) is 0 Å². The average Bonchev–Trinajstić information content (AvgIpc) is 3.47. The standard InChI is InChI=1S/C21H27NO3.C5H6OS/c1-25-15-5-6-16-17-10-14-4-7-18(23)20(24)19(14)21(16,11-15)8-9-22(17)12-13-2-3-13;6-4-5-2-1-3-7-5/h4-7,13,15-17,23-24H,2-3,8-12H2,1H3;1-3,6H,4H2. The van der Waals surface area contributed by atoms with Crippen molar-refractivity contribution >= 4 is 11.3 Å². The first kappa shape index (κ1) is 22.0. The van der Waals surface area contributed by atoms with E-state index in [-0.39, 0.29) is 29.6 Å². The highest BCUT2D eigenvalue weighted by molar-refractivity contribution is 7.09. The Kier molecular flexibility index (Phi) is 6.05. The van der Waals surface area contributed by atoms with Gasteiger partial charge in [0, 0.05) is 41.5 Å². The summed E-state index contributed by atoms with van der Waals surface area (Å²) < 4.78 is 5.67. The summed E-state index contributed by atoms with van der Waals surface area (Å²) >= 11 is 1.57. The van der Waals surface area contributed by atoms with Crippen LogP contribution in [0.25, 0.3) is 0 Å². The number of methoxy groups -OCH3 is 1. The topological polar surface area (TPSA) is 73.2 Å². The van der Waals surface area contributed by atoms with Gasteiger partial charge in [-0.05, 0) is 67.6 Å². The van der Waals surface area contributed by atoms with Crippen molar-refractivity contribution in [3.63, 3.8) is 0 Å². The molecule has 2 heterocycles. The second kappa shape index (κ2) is 8.82. The van der Waals surface area contributed by atoms with E-state index < -0.39 is 0 Å². The lowest BCUT2D eigenvalue weighted by Crippen LogP contribution is -2.61. The third-order valence-corrected chi connectivity index (χ3v) is 8.72. The molecule has 4 atom stereocenters. The van der Waals surface area contributed by atoms with E-state index in [1.807, 2.05) is 23.6 Å². The van der Waals surface area contributed by atoms with Crippen molar-refractivity contribution in [3.8, 4) is 11.5 Å². The van der Waals surface area contributed by atoms with Crippen LogP contribution in [0.3, 0.4) is 0 Å². The fourth-order valence-corrected chi connectivity index (χ4v) is 6.70. The Morgan fingerprint density at radius 3 is 2.69 bits per heavy atom. The van der Waals surface area contributed by atoms with Crippen LogP contribution in [-0.2, 0) is 23.2 Å². The number of hydrogen-bond donors (Lipinski definition) is 3. The van der Waals surface area contributed by atoms with Gasteiger partial charge >= 0.3 is 0 Å². The van der Waals surface area contributed by atoms with Crippen molar-refractivity contribution < 1.29 is 20.1 Å². The molecule has 0 spiro atoms. The molecule has 2 aromatic rings. The number of phenolic OH excluding ortho intramolecular Hbond substituents is 2. The Bertz CT molecular complexity index is 970. The summed E-state index contributed by atoms with van der Waals surface area (Å²) in [6.45, 7) is 2.48. The predicted octanol–water partition coefficient (Wildman–Crippen LogP) is 4.21. The number of aliphatic hydroxyl groups excluding tert-OH is 1. The minimum Gasteiger partial charge on any atom is -0.504 e. The Morgan fingerprint density at radius 1 is 1.19 bits per heavy atom. The largest absolute Gasteiger partial charge is 0.504 e. The van der Waals surface area contributed by atoms with Gasteiger partial charge in [0.2, 0.25) is 0 Å². The van der Waals surface area contributed by atoms with Gasteiger partial charge < -0.3 is 20.1 Å². The van der Waals surface area contributed by atoms with Gasteiger partial charge in [-0.2, -0.15) is 0 Å². The van der Waals surface area contributed by atoms with Crippen LogP contribution in [0.4, 0.5) is 0 Å². The molecule has 1 aromatic carbocycles. The van der Waals surface area contributed by atoms with Crippen LogP contribution in [0.1, 0.15) is 41.7 Å². The molecule has 1 aromatic heterocycles. The number of ether oxygens (including phenoxy) is 1. The lowest BCUT2D eigenvalue weighted by Gasteiger charge is -2.58. The molecule has 6 heteroatoms. The molecular formula is C26H33NO4S. The Hall–Kier alpha value is -1.86. The maximum atomic E-state index is 10.7. The van der Waals surface area contributed by atoms with Crippen molar-refractivity contribution in [1.82, 2.24) is 4.90 Å². The van der Waals surface area contributed by atoms with Gasteiger partial charge in [0.25, 0.3) is 0 Å². The molecule has 5 nitrogen and oxygen atoms in total. The first-order valence-corrected chi connectivity index (χ1v) is 12.6. The first-order valence-electron chi connectivity index (χ1n) is 11.7. The maximum absolute atomic E-state index is 10.7. The Balaban J connectivity index is 0.000000265. The molecule has 1 saturated heterocycles. The number of benzene rings is 1. The third-order valence-electron chi connectivity index (χ3n) is 7.86. The highest BCUT2D eigenvalue weighted by Gasteiger charge is 2.55. The van der Waals surface area contributed by atoms with Crippen LogP contribution in [0.15, 0.2) is 41.8 Å². The van der Waals surface area contributed by atoms with Gasteiger partial charge in [-0.1, -0.05) is 24.3 Å². The molecule has 2 bridgehead atoms. The fourth-order valence-electron chi connectivity index (χ4n) is 6.14. The van der Waals surface area contributed by atoms with E-state index in [9.17, 15) is 10.2 Å². The molecule has 4 aliphatic rings. The summed E-state index contributed by atoms with van der Waals surface area (Å²) in [5.41, 5.74) is 2.09. The molecule has 1 saturated carbocycles. The molecule has 172 valence electrons. The fraction of sp³-hybridized carbons (Fsp3) is 0.538. The van der Waals surface area contributed by atoms with Crippen LogP contribution in [-0.4, -0.2) is 52.6 Å². The van der Waals surface area contributed by atoms with Crippen LogP contribution >= 0.6 is 11.3 Å². The molecule has 1 aliphatic heterocycles. The monoisotopic (exact) mass is 455 g/mol. The highest BCUT2D eigenvalue weighted by Crippen LogP contribution is 2.58. The Labute approximate surface area is 194 Å². The van der Waals surface area contributed by atoms with E-state index >= 15 is 0 Å². The van der Waals surface area contributed by atoms with E-state index in [0.29, 0.717) is 12.0 Å². The van der Waals surface area contributed by atoms with Crippen LogP contribution in [0, 0.1) is 11.8 Å². The lowest BCUT2D eigenvalue weighted by atomic mass is 9.53. The van der Waals surface area contributed by atoms with Gasteiger partial charge in [-0.15, -0.1) is 11.3 Å². The van der Waals surface area contributed by atoms with Gasteiger partial charge in [0.1, 0.15) is 0 Å². The van der Waals surface area contributed by atoms with E-state index in [1.165, 1.54) is 24.9 Å². The molecule has 32 heavy (non-hydrogen) atoms. The number of hydrogen-bond acceptors (Lipinski definition) is 6. The number of aliphatic hydroxyl groups is 1. The average molecular weight is 456 g/mol. The highest BCUT2D eigenvalue weighted by atomic mass is 32.1. The third kappa shape index (κ3) is 3.87. The summed E-state index contributed by atoms with van der Waals surface area (Å²) in [4.78, 5) is 3.73. The molecule has 3 aliphatic carbocycles. The van der Waals surface area contributed by atoms with Crippen LogP contribution in [0.5, 0.6) is 11.5 Å². The molecule has 0 radical (unpaired) electrons. The normalized spacial score (nSPS) is 30.8. The molecule has 0 amide bonds. The Morgan fingerprint density at radius 2 is 2.03 bits per heavy atom. The van der Waals surface area contributed by atoms with Gasteiger partial charge in [0.05, 0.1) is 12.7 Å². The number of nitrogens with zero attached hydrogens (tertiary/aromatic N) is 1. The number of piperidine rings is 1. The van der Waals surface area contributed by atoms with E-state index in [4.69, 9.17) is 9.84 Å². The van der Waals surface area contributed by atoms with E-state index in [1.54, 1.807) is 24.5 Å². The number of thiophene rings is 1. The van der Waals surface area contributed by atoms with Crippen molar-refractivity contribution in [2.45, 2.75) is 56.3 Å². The lowest BCUT2D eigenvalue weighted by molar-refractivity contribution is -0.00523. The quantitative estimate of drug-likeness (QED) is 0.476. The number of rotatable bonds is 4. The number of fused-ring (bicyclic) bond motifs is 1. The van der Waals surface area contributed by atoms with Crippen molar-refractivity contribution in [2.75, 3.05) is 20.2 Å². The van der Waals surface area contributed by atoms with Crippen LogP contribution in [0.2, 0.25) is 0 Å². The number of likely N-dealkylation sites (tertiary alicyclic amines) is 1. The molecule has 3 N–H and O–H groups in total. The smallest absolute Gasteiger partial charge is 0.161 e.